The number of carbonyl (C=O) groups excluding carboxylic acids is 2. The third-order valence-corrected chi connectivity index (χ3v) is 2.96. The summed E-state index contributed by atoms with van der Waals surface area (Å²) in [4.78, 5) is 29.3. The fraction of sp³-hybridized carbons (Fsp3) is 0.583. The average Bonchev–Trinajstić information content (AvgIpc) is 2.70. The van der Waals surface area contributed by atoms with E-state index in [1.807, 2.05) is 6.92 Å². The molecular weight excluding hydrogens is 234 g/mol. The van der Waals surface area contributed by atoms with Crippen molar-refractivity contribution >= 4 is 11.8 Å². The van der Waals surface area contributed by atoms with Crippen molar-refractivity contribution in [3.05, 3.63) is 17.8 Å². The lowest BCUT2D eigenvalue weighted by molar-refractivity contribution is -0.134. The minimum Gasteiger partial charge on any atom is -0.444 e. The lowest BCUT2D eigenvalue weighted by atomic mass is 10.2. The highest BCUT2D eigenvalue weighted by atomic mass is 16.4. The van der Waals surface area contributed by atoms with Crippen molar-refractivity contribution in [2.75, 3.05) is 6.54 Å². The van der Waals surface area contributed by atoms with Crippen LogP contribution in [0.3, 0.4) is 0 Å². The molecule has 1 fully saturated rings. The second kappa shape index (κ2) is 5.20. The molecule has 0 radical (unpaired) electrons. The van der Waals surface area contributed by atoms with E-state index >= 15 is 0 Å². The number of aromatic nitrogens is 1. The van der Waals surface area contributed by atoms with E-state index in [-0.39, 0.29) is 11.8 Å². The van der Waals surface area contributed by atoms with Crippen molar-refractivity contribution < 1.29 is 14.0 Å². The van der Waals surface area contributed by atoms with Gasteiger partial charge in [0, 0.05) is 13.0 Å². The molecule has 1 aromatic heterocycles. The zero-order chi connectivity index (χ0) is 13.1. The minimum absolute atomic E-state index is 0.0702. The number of rotatable bonds is 3. The third kappa shape index (κ3) is 2.69. The van der Waals surface area contributed by atoms with E-state index in [9.17, 15) is 9.59 Å². The fourth-order valence-electron chi connectivity index (χ4n) is 1.97. The highest BCUT2D eigenvalue weighted by Crippen LogP contribution is 2.11. The van der Waals surface area contributed by atoms with Gasteiger partial charge in [0.1, 0.15) is 11.8 Å². The second-order valence-corrected chi connectivity index (χ2v) is 4.40. The minimum atomic E-state index is -0.434. The summed E-state index contributed by atoms with van der Waals surface area (Å²) in [6.07, 6.45) is 2.53. The summed E-state index contributed by atoms with van der Waals surface area (Å²) < 4.78 is 5.36. The van der Waals surface area contributed by atoms with Gasteiger partial charge in [-0.3, -0.25) is 9.59 Å². The van der Waals surface area contributed by atoms with Crippen molar-refractivity contribution in [3.8, 4) is 0 Å². The topological polar surface area (TPSA) is 75.4 Å². The van der Waals surface area contributed by atoms with Crippen molar-refractivity contribution in [2.45, 2.75) is 39.3 Å². The molecule has 0 bridgehead atoms. The molecule has 0 spiro atoms. The van der Waals surface area contributed by atoms with Crippen LogP contribution in [0, 0.1) is 6.92 Å². The molecule has 2 heterocycles. The summed E-state index contributed by atoms with van der Waals surface area (Å²) in [6.45, 7) is 4.41. The molecule has 6 nitrogen and oxygen atoms in total. The number of amides is 2. The molecule has 6 heteroatoms. The highest BCUT2D eigenvalue weighted by molar-refractivity contribution is 5.89. The molecule has 0 aliphatic carbocycles. The van der Waals surface area contributed by atoms with Crippen LogP contribution in [0.4, 0.5) is 0 Å². The first-order chi connectivity index (χ1) is 8.60. The summed E-state index contributed by atoms with van der Waals surface area (Å²) in [5.41, 5.74) is 0. The molecule has 1 saturated heterocycles. The lowest BCUT2D eigenvalue weighted by Crippen LogP contribution is -2.43. The Morgan fingerprint density at radius 3 is 2.94 bits per heavy atom. The van der Waals surface area contributed by atoms with Crippen LogP contribution in [0.15, 0.2) is 10.6 Å². The molecule has 2 rings (SSSR count). The van der Waals surface area contributed by atoms with Crippen LogP contribution in [0.25, 0.3) is 0 Å². The maximum atomic E-state index is 12.2. The SMILES string of the molecule is CCC1NC(=O)CCN(Cc2ncc(C)o2)C1=O. The monoisotopic (exact) mass is 251 g/mol. The summed E-state index contributed by atoms with van der Waals surface area (Å²) >= 11 is 0. The predicted molar refractivity (Wildman–Crippen MR) is 63.5 cm³/mol. The van der Waals surface area contributed by atoms with E-state index in [0.717, 1.165) is 0 Å². The van der Waals surface area contributed by atoms with Gasteiger partial charge in [0.05, 0.1) is 12.7 Å². The molecule has 2 amide bonds. The molecule has 0 aromatic carbocycles. The number of oxazole rings is 1. The number of nitrogens with one attached hydrogen (secondary N) is 1. The Kier molecular flexibility index (Phi) is 3.64. The lowest BCUT2D eigenvalue weighted by Gasteiger charge is -2.21. The Hall–Kier alpha value is -1.85. The van der Waals surface area contributed by atoms with Crippen LogP contribution in [-0.4, -0.2) is 34.3 Å². The zero-order valence-corrected chi connectivity index (χ0v) is 10.6. The van der Waals surface area contributed by atoms with Crippen LogP contribution < -0.4 is 5.32 Å². The summed E-state index contributed by atoms with van der Waals surface area (Å²) in [5.74, 6) is 1.07. The zero-order valence-electron chi connectivity index (χ0n) is 10.6. The van der Waals surface area contributed by atoms with Gasteiger partial charge in [-0.15, -0.1) is 0 Å². The van der Waals surface area contributed by atoms with E-state index in [1.165, 1.54) is 0 Å². The third-order valence-electron chi connectivity index (χ3n) is 2.96. The van der Waals surface area contributed by atoms with Gasteiger partial charge in [-0.05, 0) is 13.3 Å². The van der Waals surface area contributed by atoms with Crippen molar-refractivity contribution in [3.63, 3.8) is 0 Å². The Morgan fingerprint density at radius 1 is 1.56 bits per heavy atom. The number of nitrogens with zero attached hydrogens (tertiary/aromatic N) is 2. The standard InChI is InChI=1S/C12H17N3O3/c1-3-9-12(17)15(5-4-10(16)14-9)7-11-13-6-8(2)18-11/h6,9H,3-5,7H2,1-2H3,(H,14,16). The Bertz CT molecular complexity index is 455. The number of aryl methyl sites for hydroxylation is 1. The number of hydrogen-bond acceptors (Lipinski definition) is 4. The van der Waals surface area contributed by atoms with Crippen molar-refractivity contribution in [2.24, 2.45) is 0 Å². The number of hydrogen-bond donors (Lipinski definition) is 1. The molecule has 1 aliphatic heterocycles. The van der Waals surface area contributed by atoms with E-state index < -0.39 is 6.04 Å². The van der Waals surface area contributed by atoms with E-state index in [4.69, 9.17) is 4.42 Å². The van der Waals surface area contributed by atoms with Crippen LogP contribution in [-0.2, 0) is 16.1 Å². The molecule has 98 valence electrons. The van der Waals surface area contributed by atoms with Gasteiger partial charge in [0.15, 0.2) is 0 Å². The average molecular weight is 251 g/mol. The maximum Gasteiger partial charge on any atom is 0.245 e. The van der Waals surface area contributed by atoms with Gasteiger partial charge >= 0.3 is 0 Å². The molecule has 1 aromatic rings. The Labute approximate surface area is 105 Å². The maximum absolute atomic E-state index is 12.2. The second-order valence-electron chi connectivity index (χ2n) is 4.40. The molecule has 18 heavy (non-hydrogen) atoms. The van der Waals surface area contributed by atoms with Crippen molar-refractivity contribution in [1.29, 1.82) is 0 Å². The molecule has 1 unspecified atom stereocenters. The van der Waals surface area contributed by atoms with Gasteiger partial charge in [-0.25, -0.2) is 4.98 Å². The quantitative estimate of drug-likeness (QED) is 0.854. The van der Waals surface area contributed by atoms with Gasteiger partial charge in [-0.1, -0.05) is 6.92 Å². The van der Waals surface area contributed by atoms with Crippen LogP contribution in [0.1, 0.15) is 31.4 Å². The summed E-state index contributed by atoms with van der Waals surface area (Å²) in [7, 11) is 0. The van der Waals surface area contributed by atoms with Crippen molar-refractivity contribution in [1.82, 2.24) is 15.2 Å². The van der Waals surface area contributed by atoms with Crippen LogP contribution in [0.5, 0.6) is 0 Å². The predicted octanol–water partition coefficient (Wildman–Crippen LogP) is 0.610. The first-order valence-electron chi connectivity index (χ1n) is 6.09. The molecule has 1 atom stereocenters. The van der Waals surface area contributed by atoms with Crippen LogP contribution in [0.2, 0.25) is 0 Å². The summed E-state index contributed by atoms with van der Waals surface area (Å²) in [6, 6.07) is -0.434. The Morgan fingerprint density at radius 2 is 2.33 bits per heavy atom. The van der Waals surface area contributed by atoms with Gasteiger partial charge in [0.25, 0.3) is 0 Å². The number of carbonyl (C=O) groups is 2. The van der Waals surface area contributed by atoms with E-state index in [0.29, 0.717) is 37.6 Å². The van der Waals surface area contributed by atoms with E-state index in [2.05, 4.69) is 10.3 Å². The van der Waals surface area contributed by atoms with E-state index in [1.54, 1.807) is 18.0 Å². The smallest absolute Gasteiger partial charge is 0.245 e. The first kappa shape index (κ1) is 12.6. The normalized spacial score (nSPS) is 20.8. The molecule has 1 N–H and O–H groups in total. The highest BCUT2D eigenvalue weighted by Gasteiger charge is 2.29. The fourth-order valence-corrected chi connectivity index (χ4v) is 1.97. The first-order valence-corrected chi connectivity index (χ1v) is 6.09. The largest absolute Gasteiger partial charge is 0.444 e. The molecule has 0 saturated carbocycles. The molecule has 1 aliphatic rings. The van der Waals surface area contributed by atoms with Crippen LogP contribution >= 0.6 is 0 Å². The molecular formula is C12H17N3O3. The summed E-state index contributed by atoms with van der Waals surface area (Å²) in [5, 5.41) is 2.72. The Balaban J connectivity index is 2.10. The van der Waals surface area contributed by atoms with Gasteiger partial charge in [-0.2, -0.15) is 0 Å². The van der Waals surface area contributed by atoms with Gasteiger partial charge < -0.3 is 14.6 Å². The van der Waals surface area contributed by atoms with Gasteiger partial charge in [0.2, 0.25) is 17.7 Å².